The lowest BCUT2D eigenvalue weighted by Gasteiger charge is -2.19. The van der Waals surface area contributed by atoms with E-state index in [1.807, 2.05) is 17.7 Å². The quantitative estimate of drug-likeness (QED) is 0.276. The number of ether oxygens (including phenoxy) is 1. The summed E-state index contributed by atoms with van der Waals surface area (Å²) in [6.07, 6.45) is 2.70. The molecule has 0 aliphatic heterocycles. The molecule has 0 aliphatic rings. The first-order valence-corrected chi connectivity index (χ1v) is 14.2. The molecule has 3 aromatic rings. The van der Waals surface area contributed by atoms with Crippen LogP contribution in [-0.2, 0) is 11.3 Å². The van der Waals surface area contributed by atoms with E-state index in [0.29, 0.717) is 51.0 Å². The second kappa shape index (κ2) is 13.8. The number of thioether (sulfide) groups is 2. The van der Waals surface area contributed by atoms with E-state index in [0.717, 1.165) is 5.75 Å². The maximum absolute atomic E-state index is 12.9. The van der Waals surface area contributed by atoms with Crippen LogP contribution < -0.4 is 15.4 Å². The van der Waals surface area contributed by atoms with Gasteiger partial charge in [0.25, 0.3) is 5.91 Å². The average Bonchev–Trinajstić information content (AvgIpc) is 3.29. The molecular weight excluding hydrogens is 541 g/mol. The standard InChI is InChI=1S/C24H27Cl2N5O3S2/c1-4-31-22(20(11-12-35-3)28-23(33)15-5-8-17(34-2)9-6-15)29-30-24(31)36-14-21(32)27-19-10-7-16(25)13-18(19)26/h5-10,13,20H,4,11-12,14H2,1-3H3,(H,27,32)(H,28,33). The second-order valence-electron chi connectivity index (χ2n) is 7.58. The lowest BCUT2D eigenvalue weighted by molar-refractivity contribution is -0.113. The lowest BCUT2D eigenvalue weighted by Crippen LogP contribution is -2.31. The number of nitrogens with one attached hydrogen (secondary N) is 2. The number of anilines is 1. The smallest absolute Gasteiger partial charge is 0.251 e. The van der Waals surface area contributed by atoms with E-state index in [1.54, 1.807) is 61.3 Å². The third-order valence-electron chi connectivity index (χ3n) is 5.18. The minimum Gasteiger partial charge on any atom is -0.497 e. The molecule has 0 aliphatic carbocycles. The van der Waals surface area contributed by atoms with E-state index in [4.69, 9.17) is 27.9 Å². The Morgan fingerprint density at radius 2 is 1.89 bits per heavy atom. The Morgan fingerprint density at radius 1 is 1.14 bits per heavy atom. The van der Waals surface area contributed by atoms with Crippen molar-refractivity contribution in [2.75, 3.05) is 30.2 Å². The van der Waals surface area contributed by atoms with E-state index in [1.165, 1.54) is 11.8 Å². The molecule has 0 radical (unpaired) electrons. The Morgan fingerprint density at radius 3 is 2.53 bits per heavy atom. The summed E-state index contributed by atoms with van der Waals surface area (Å²) < 4.78 is 7.09. The number of nitrogens with zero attached hydrogens (tertiary/aromatic N) is 3. The predicted octanol–water partition coefficient (Wildman–Crippen LogP) is 5.57. The van der Waals surface area contributed by atoms with Crippen molar-refractivity contribution in [1.82, 2.24) is 20.1 Å². The topological polar surface area (TPSA) is 98.1 Å². The maximum Gasteiger partial charge on any atom is 0.251 e. The van der Waals surface area contributed by atoms with Gasteiger partial charge < -0.3 is 19.9 Å². The van der Waals surface area contributed by atoms with Gasteiger partial charge in [0.2, 0.25) is 5.91 Å². The van der Waals surface area contributed by atoms with E-state index in [2.05, 4.69) is 20.8 Å². The van der Waals surface area contributed by atoms with Crippen LogP contribution in [0.25, 0.3) is 0 Å². The minimum absolute atomic E-state index is 0.116. The summed E-state index contributed by atoms with van der Waals surface area (Å²) in [5.41, 5.74) is 1.02. The van der Waals surface area contributed by atoms with Crippen molar-refractivity contribution >= 4 is 64.2 Å². The molecule has 36 heavy (non-hydrogen) atoms. The molecular formula is C24H27Cl2N5O3S2. The normalized spacial score (nSPS) is 11.7. The van der Waals surface area contributed by atoms with Gasteiger partial charge in [-0.05, 0) is 67.8 Å². The number of amides is 2. The average molecular weight is 569 g/mol. The van der Waals surface area contributed by atoms with Crippen LogP contribution in [0.3, 0.4) is 0 Å². The first-order chi connectivity index (χ1) is 17.4. The van der Waals surface area contributed by atoms with Gasteiger partial charge >= 0.3 is 0 Å². The number of carbonyl (C=O) groups is 2. The molecule has 1 atom stereocenters. The lowest BCUT2D eigenvalue weighted by atomic mass is 10.1. The van der Waals surface area contributed by atoms with Gasteiger partial charge in [-0.3, -0.25) is 9.59 Å². The summed E-state index contributed by atoms with van der Waals surface area (Å²) in [5, 5.41) is 16.0. The third-order valence-corrected chi connectivity index (χ3v) is 7.34. The van der Waals surface area contributed by atoms with Crippen LogP contribution >= 0.6 is 46.7 Å². The zero-order valence-corrected chi connectivity index (χ0v) is 23.2. The van der Waals surface area contributed by atoms with Crippen LogP contribution in [0, 0.1) is 0 Å². The molecule has 3 rings (SSSR count). The Bertz CT molecular complexity index is 1190. The SMILES string of the molecule is CCn1c(SCC(=O)Nc2ccc(Cl)cc2Cl)nnc1C(CCSC)NC(=O)c1ccc(OC)cc1. The summed E-state index contributed by atoms with van der Waals surface area (Å²) in [6.45, 7) is 2.56. The van der Waals surface area contributed by atoms with Crippen LogP contribution in [0.2, 0.25) is 10.0 Å². The molecule has 0 saturated heterocycles. The number of aromatic nitrogens is 3. The molecule has 192 valence electrons. The Balaban J connectivity index is 1.71. The van der Waals surface area contributed by atoms with Crippen molar-refractivity contribution in [3.8, 4) is 5.75 Å². The number of rotatable bonds is 12. The summed E-state index contributed by atoms with van der Waals surface area (Å²) in [6, 6.07) is 11.5. The minimum atomic E-state index is -0.337. The van der Waals surface area contributed by atoms with Crippen molar-refractivity contribution < 1.29 is 14.3 Å². The van der Waals surface area contributed by atoms with Crippen LogP contribution in [0.4, 0.5) is 5.69 Å². The molecule has 2 N–H and O–H groups in total. The van der Waals surface area contributed by atoms with Gasteiger partial charge in [0.05, 0.1) is 29.6 Å². The van der Waals surface area contributed by atoms with Gasteiger partial charge in [0.15, 0.2) is 11.0 Å². The summed E-state index contributed by atoms with van der Waals surface area (Å²) >= 11 is 15.0. The van der Waals surface area contributed by atoms with E-state index in [9.17, 15) is 9.59 Å². The Labute approximate surface area is 228 Å². The zero-order valence-electron chi connectivity index (χ0n) is 20.1. The highest BCUT2D eigenvalue weighted by Crippen LogP contribution is 2.27. The van der Waals surface area contributed by atoms with E-state index >= 15 is 0 Å². The fourth-order valence-electron chi connectivity index (χ4n) is 3.35. The number of carbonyl (C=O) groups excluding carboxylic acids is 2. The number of methoxy groups -OCH3 is 1. The van der Waals surface area contributed by atoms with Gasteiger partial charge in [-0.25, -0.2) is 0 Å². The molecule has 0 fully saturated rings. The van der Waals surface area contributed by atoms with Gasteiger partial charge in [-0.15, -0.1) is 10.2 Å². The first-order valence-electron chi connectivity index (χ1n) is 11.1. The van der Waals surface area contributed by atoms with Crippen molar-refractivity contribution in [2.24, 2.45) is 0 Å². The Kier molecular flexibility index (Phi) is 10.8. The molecule has 1 aromatic heterocycles. The fraction of sp³-hybridized carbons (Fsp3) is 0.333. The molecule has 2 aromatic carbocycles. The van der Waals surface area contributed by atoms with Gasteiger partial charge in [0, 0.05) is 17.1 Å². The number of halogens is 2. The first kappa shape index (κ1) is 28.2. The van der Waals surface area contributed by atoms with Crippen LogP contribution in [0.5, 0.6) is 5.75 Å². The number of benzene rings is 2. The van der Waals surface area contributed by atoms with Crippen LogP contribution in [-0.4, -0.2) is 51.5 Å². The summed E-state index contributed by atoms with van der Waals surface area (Å²) in [7, 11) is 1.58. The highest BCUT2D eigenvalue weighted by atomic mass is 35.5. The van der Waals surface area contributed by atoms with Gasteiger partial charge in [-0.1, -0.05) is 35.0 Å². The molecule has 0 bridgehead atoms. The number of hydrogen-bond donors (Lipinski definition) is 2. The van der Waals surface area contributed by atoms with Crippen LogP contribution in [0.1, 0.15) is 35.6 Å². The summed E-state index contributed by atoms with van der Waals surface area (Å²) in [5.74, 6) is 1.84. The molecule has 0 saturated carbocycles. The molecule has 8 nitrogen and oxygen atoms in total. The van der Waals surface area contributed by atoms with E-state index in [-0.39, 0.29) is 23.6 Å². The maximum atomic E-state index is 12.9. The van der Waals surface area contributed by atoms with Gasteiger partial charge in [0.1, 0.15) is 5.75 Å². The molecule has 2 amide bonds. The molecule has 1 heterocycles. The van der Waals surface area contributed by atoms with Gasteiger partial charge in [-0.2, -0.15) is 11.8 Å². The second-order valence-corrected chi connectivity index (χ2v) is 10.4. The summed E-state index contributed by atoms with van der Waals surface area (Å²) in [4.78, 5) is 25.4. The highest BCUT2D eigenvalue weighted by Gasteiger charge is 2.23. The largest absolute Gasteiger partial charge is 0.497 e. The zero-order chi connectivity index (χ0) is 26.1. The monoisotopic (exact) mass is 567 g/mol. The third kappa shape index (κ3) is 7.55. The predicted molar refractivity (Wildman–Crippen MR) is 148 cm³/mol. The van der Waals surface area contributed by atoms with Crippen molar-refractivity contribution in [3.63, 3.8) is 0 Å². The molecule has 0 spiro atoms. The van der Waals surface area contributed by atoms with Crippen molar-refractivity contribution in [2.45, 2.75) is 31.1 Å². The fourth-order valence-corrected chi connectivity index (χ4v) is 5.09. The van der Waals surface area contributed by atoms with Crippen LogP contribution in [0.15, 0.2) is 47.6 Å². The molecule has 1 unspecified atom stereocenters. The van der Waals surface area contributed by atoms with Crippen molar-refractivity contribution in [3.05, 3.63) is 63.9 Å². The Hall–Kier alpha value is -2.40. The highest BCUT2D eigenvalue weighted by molar-refractivity contribution is 7.99. The molecule has 12 heteroatoms. The van der Waals surface area contributed by atoms with Crippen molar-refractivity contribution in [1.29, 1.82) is 0 Å². The van der Waals surface area contributed by atoms with E-state index < -0.39 is 0 Å². The number of hydrogen-bond acceptors (Lipinski definition) is 7.